The maximum atomic E-state index is 11.3. The van der Waals surface area contributed by atoms with Crippen molar-refractivity contribution in [3.8, 4) is 0 Å². The van der Waals surface area contributed by atoms with Crippen LogP contribution in [0.5, 0.6) is 0 Å². The van der Waals surface area contributed by atoms with Crippen LogP contribution in [-0.4, -0.2) is 11.6 Å². The molecule has 1 fully saturated rings. The molecular weight excluding hydrogens is 152 g/mol. The van der Waals surface area contributed by atoms with Gasteiger partial charge in [0.25, 0.3) is 0 Å². The van der Waals surface area contributed by atoms with Crippen LogP contribution in [0.4, 0.5) is 0 Å². The van der Waals surface area contributed by atoms with E-state index >= 15 is 0 Å². The third-order valence-corrected chi connectivity index (χ3v) is 2.24. The highest BCUT2D eigenvalue weighted by Crippen LogP contribution is 2.25. The van der Waals surface area contributed by atoms with Gasteiger partial charge in [-0.15, -0.1) is 0 Å². The van der Waals surface area contributed by atoms with Crippen molar-refractivity contribution in [1.29, 1.82) is 0 Å². The smallest absolute Gasteiger partial charge is 0.158 e. The predicted molar refractivity (Wildman–Crippen MR) is 46.8 cm³/mol. The molecule has 1 aliphatic rings. The maximum absolute atomic E-state index is 11.3. The van der Waals surface area contributed by atoms with Crippen LogP contribution < -0.4 is 0 Å². The molecule has 0 aromatic heterocycles. The average Bonchev–Trinajstić information content (AvgIpc) is 2.51. The van der Waals surface area contributed by atoms with Crippen LogP contribution in [0.15, 0.2) is 12.2 Å². The van der Waals surface area contributed by atoms with Gasteiger partial charge in [-0.2, -0.15) is 0 Å². The third kappa shape index (κ3) is 2.61. The fourth-order valence-electron chi connectivity index (χ4n) is 1.55. The fourth-order valence-corrected chi connectivity index (χ4v) is 1.55. The van der Waals surface area contributed by atoms with Gasteiger partial charge in [-0.05, 0) is 31.9 Å². The van der Waals surface area contributed by atoms with Crippen LogP contribution in [0.2, 0.25) is 0 Å². The highest BCUT2D eigenvalue weighted by atomic mass is 16.1. The van der Waals surface area contributed by atoms with E-state index in [4.69, 9.17) is 0 Å². The number of carbonyl (C=O) groups is 2. The van der Waals surface area contributed by atoms with E-state index in [9.17, 15) is 9.59 Å². The topological polar surface area (TPSA) is 34.1 Å². The van der Waals surface area contributed by atoms with Gasteiger partial charge < -0.3 is 0 Å². The largest absolute Gasteiger partial charge is 0.295 e. The van der Waals surface area contributed by atoms with Crippen LogP contribution in [0.1, 0.15) is 32.6 Å². The standard InChI is InChI=1S/C10H14O2/c1-8(11)6-7-10(12)9-4-2-3-5-9/h6-7,9H,2-5H2,1H3/b7-6+. The molecule has 1 saturated carbocycles. The third-order valence-electron chi connectivity index (χ3n) is 2.24. The molecule has 1 rings (SSSR count). The number of hydrogen-bond donors (Lipinski definition) is 0. The van der Waals surface area contributed by atoms with E-state index in [-0.39, 0.29) is 17.5 Å². The van der Waals surface area contributed by atoms with Gasteiger partial charge in [-0.1, -0.05) is 12.8 Å². The van der Waals surface area contributed by atoms with E-state index in [1.807, 2.05) is 0 Å². The first kappa shape index (κ1) is 9.17. The van der Waals surface area contributed by atoms with Crippen LogP contribution in [0.3, 0.4) is 0 Å². The zero-order chi connectivity index (χ0) is 8.97. The zero-order valence-corrected chi connectivity index (χ0v) is 7.38. The second-order valence-electron chi connectivity index (χ2n) is 3.33. The lowest BCUT2D eigenvalue weighted by Crippen LogP contribution is -2.07. The van der Waals surface area contributed by atoms with Crippen LogP contribution in [0.25, 0.3) is 0 Å². The summed E-state index contributed by atoms with van der Waals surface area (Å²) in [5.41, 5.74) is 0. The van der Waals surface area contributed by atoms with Crippen molar-refractivity contribution in [2.75, 3.05) is 0 Å². The van der Waals surface area contributed by atoms with Crippen molar-refractivity contribution >= 4 is 11.6 Å². The van der Waals surface area contributed by atoms with E-state index in [0.29, 0.717) is 0 Å². The average molecular weight is 166 g/mol. The summed E-state index contributed by atoms with van der Waals surface area (Å²) < 4.78 is 0. The molecule has 2 nitrogen and oxygen atoms in total. The minimum absolute atomic E-state index is 0.0543. The lowest BCUT2D eigenvalue weighted by atomic mass is 10.0. The molecule has 66 valence electrons. The van der Waals surface area contributed by atoms with Gasteiger partial charge in [0.2, 0.25) is 0 Å². The van der Waals surface area contributed by atoms with Crippen molar-refractivity contribution < 1.29 is 9.59 Å². The first-order valence-electron chi connectivity index (χ1n) is 4.42. The molecule has 1 aliphatic carbocycles. The van der Waals surface area contributed by atoms with Gasteiger partial charge in [0.1, 0.15) is 0 Å². The first-order chi connectivity index (χ1) is 5.70. The summed E-state index contributed by atoms with van der Waals surface area (Å²) in [6.07, 6.45) is 7.11. The monoisotopic (exact) mass is 166 g/mol. The van der Waals surface area contributed by atoms with Gasteiger partial charge in [0.15, 0.2) is 11.6 Å². The summed E-state index contributed by atoms with van der Waals surface area (Å²) in [7, 11) is 0. The van der Waals surface area contributed by atoms with E-state index in [0.717, 1.165) is 25.7 Å². The molecule has 0 aromatic rings. The summed E-state index contributed by atoms with van der Waals surface area (Å²) >= 11 is 0. The molecule has 0 aromatic carbocycles. The molecule has 0 atom stereocenters. The van der Waals surface area contributed by atoms with Crippen molar-refractivity contribution in [1.82, 2.24) is 0 Å². The molecular formula is C10H14O2. The zero-order valence-electron chi connectivity index (χ0n) is 7.38. The Balaban J connectivity index is 2.42. The Kier molecular flexibility index (Phi) is 3.20. The Morgan fingerprint density at radius 1 is 1.17 bits per heavy atom. The van der Waals surface area contributed by atoms with E-state index in [1.54, 1.807) is 0 Å². The minimum Gasteiger partial charge on any atom is -0.295 e. The molecule has 0 bridgehead atoms. The lowest BCUT2D eigenvalue weighted by molar-refractivity contribution is -0.118. The molecule has 2 heteroatoms. The Hall–Kier alpha value is -0.920. The lowest BCUT2D eigenvalue weighted by Gasteiger charge is -2.01. The normalized spacial score (nSPS) is 18.8. The minimum atomic E-state index is -0.0543. The molecule has 0 spiro atoms. The molecule has 0 unspecified atom stereocenters. The second-order valence-corrected chi connectivity index (χ2v) is 3.33. The fraction of sp³-hybridized carbons (Fsp3) is 0.600. The molecule has 0 saturated heterocycles. The number of hydrogen-bond acceptors (Lipinski definition) is 2. The Labute approximate surface area is 72.7 Å². The van der Waals surface area contributed by atoms with E-state index in [2.05, 4.69) is 0 Å². The quantitative estimate of drug-likeness (QED) is 0.600. The first-order valence-corrected chi connectivity index (χ1v) is 4.42. The number of rotatable bonds is 3. The molecule has 0 N–H and O–H groups in total. The van der Waals surface area contributed by atoms with Crippen molar-refractivity contribution in [2.24, 2.45) is 5.92 Å². The number of carbonyl (C=O) groups excluding carboxylic acids is 2. The maximum Gasteiger partial charge on any atom is 0.158 e. The number of allylic oxidation sites excluding steroid dienone is 2. The Morgan fingerprint density at radius 2 is 1.75 bits per heavy atom. The summed E-state index contributed by atoms with van der Waals surface area (Å²) in [4.78, 5) is 21.8. The van der Waals surface area contributed by atoms with E-state index < -0.39 is 0 Å². The van der Waals surface area contributed by atoms with Crippen molar-refractivity contribution in [3.63, 3.8) is 0 Å². The van der Waals surface area contributed by atoms with Crippen molar-refractivity contribution in [3.05, 3.63) is 12.2 Å². The van der Waals surface area contributed by atoms with Gasteiger partial charge >= 0.3 is 0 Å². The van der Waals surface area contributed by atoms with Gasteiger partial charge in [0, 0.05) is 5.92 Å². The van der Waals surface area contributed by atoms with Crippen LogP contribution in [-0.2, 0) is 9.59 Å². The van der Waals surface area contributed by atoms with Crippen LogP contribution >= 0.6 is 0 Å². The van der Waals surface area contributed by atoms with Gasteiger partial charge in [-0.25, -0.2) is 0 Å². The second kappa shape index (κ2) is 4.19. The predicted octanol–water partition coefficient (Wildman–Crippen LogP) is 1.89. The summed E-state index contributed by atoms with van der Waals surface area (Å²) in [6.45, 7) is 1.46. The Bertz CT molecular complexity index is 210. The molecule has 0 aliphatic heterocycles. The molecule has 0 heterocycles. The van der Waals surface area contributed by atoms with Gasteiger partial charge in [-0.3, -0.25) is 9.59 Å². The summed E-state index contributed by atoms with van der Waals surface area (Å²) in [6, 6.07) is 0. The summed E-state index contributed by atoms with van der Waals surface area (Å²) in [5.74, 6) is 0.268. The Morgan fingerprint density at radius 3 is 2.25 bits per heavy atom. The highest BCUT2D eigenvalue weighted by Gasteiger charge is 2.20. The van der Waals surface area contributed by atoms with Crippen LogP contribution in [0, 0.1) is 5.92 Å². The summed E-state index contributed by atoms with van der Waals surface area (Å²) in [5, 5.41) is 0. The van der Waals surface area contributed by atoms with Crippen molar-refractivity contribution in [2.45, 2.75) is 32.6 Å². The molecule has 0 radical (unpaired) electrons. The van der Waals surface area contributed by atoms with E-state index in [1.165, 1.54) is 19.1 Å². The molecule has 12 heavy (non-hydrogen) atoms. The van der Waals surface area contributed by atoms with Gasteiger partial charge in [0.05, 0.1) is 0 Å². The molecule has 0 amide bonds. The SMILES string of the molecule is CC(=O)/C=C/C(=O)C1CCCC1. The number of ketones is 2. The highest BCUT2D eigenvalue weighted by molar-refractivity contribution is 5.98.